The van der Waals surface area contributed by atoms with Gasteiger partial charge in [-0.15, -0.1) is 0 Å². The summed E-state index contributed by atoms with van der Waals surface area (Å²) in [4.78, 5) is 22.5. The minimum Gasteiger partial charge on any atom is -0.302 e. The summed E-state index contributed by atoms with van der Waals surface area (Å²) < 4.78 is 26.5. The second kappa shape index (κ2) is 11.4. The van der Waals surface area contributed by atoms with Crippen molar-refractivity contribution < 1.29 is 13.2 Å². The van der Waals surface area contributed by atoms with Crippen LogP contribution >= 0.6 is 11.3 Å². The Balaban J connectivity index is 1.77. The van der Waals surface area contributed by atoms with E-state index < -0.39 is 9.84 Å². The van der Waals surface area contributed by atoms with Gasteiger partial charge in [-0.05, 0) is 69.6 Å². The summed E-state index contributed by atoms with van der Waals surface area (Å²) in [5, 5.41) is 0.683. The van der Waals surface area contributed by atoms with Gasteiger partial charge in [-0.1, -0.05) is 48.9 Å². The molecule has 0 saturated carbocycles. The molecule has 0 N–H and O–H groups in total. The number of hydrogen-bond donors (Lipinski definition) is 0. The van der Waals surface area contributed by atoms with Crippen LogP contribution in [-0.4, -0.2) is 56.1 Å². The molecule has 3 aromatic rings. The molecular weight excluding hydrogens is 466 g/mol. The van der Waals surface area contributed by atoms with E-state index >= 15 is 0 Å². The van der Waals surface area contributed by atoms with Gasteiger partial charge in [0.2, 0.25) is 5.91 Å². The standard InChI is InChI=1S/C26H35N3O3S2/c1-6-28(7-2)16-17-29(26-27-25-21(5)20(4)12-15-23(25)33-26)24(30)9-8-18-34(31,32)22-13-10-19(3)11-14-22/h10-15H,6-9,16-18H2,1-5H3. The molecule has 0 aliphatic heterocycles. The Morgan fingerprint density at radius 2 is 1.65 bits per heavy atom. The van der Waals surface area contributed by atoms with Gasteiger partial charge in [0.1, 0.15) is 0 Å². The number of sulfone groups is 1. The fourth-order valence-electron chi connectivity index (χ4n) is 3.85. The van der Waals surface area contributed by atoms with E-state index in [4.69, 9.17) is 4.98 Å². The Labute approximate surface area is 207 Å². The monoisotopic (exact) mass is 501 g/mol. The zero-order valence-electron chi connectivity index (χ0n) is 20.8. The number of carbonyl (C=O) groups is 1. The van der Waals surface area contributed by atoms with Crippen LogP contribution in [-0.2, 0) is 14.6 Å². The Hall–Kier alpha value is -2.29. The number of aromatic nitrogens is 1. The molecule has 0 unspecified atom stereocenters. The molecule has 0 spiro atoms. The second-order valence-electron chi connectivity index (χ2n) is 8.66. The average molecular weight is 502 g/mol. The number of rotatable bonds is 11. The molecule has 6 nitrogen and oxygen atoms in total. The van der Waals surface area contributed by atoms with Crippen LogP contribution in [0.2, 0.25) is 0 Å². The van der Waals surface area contributed by atoms with Crippen molar-refractivity contribution in [2.75, 3.05) is 36.8 Å². The van der Waals surface area contributed by atoms with E-state index in [1.807, 2.05) is 6.92 Å². The van der Waals surface area contributed by atoms with Gasteiger partial charge in [0.05, 0.1) is 20.9 Å². The Morgan fingerprint density at radius 1 is 0.971 bits per heavy atom. The molecule has 1 amide bonds. The number of benzene rings is 2. The Bertz CT molecular complexity index is 1230. The van der Waals surface area contributed by atoms with E-state index in [0.717, 1.165) is 41.0 Å². The van der Waals surface area contributed by atoms with Gasteiger partial charge in [-0.25, -0.2) is 13.4 Å². The first kappa shape index (κ1) is 26.3. The smallest absolute Gasteiger partial charge is 0.228 e. The molecule has 0 fully saturated rings. The summed E-state index contributed by atoms with van der Waals surface area (Å²) in [5.41, 5.74) is 4.24. The van der Waals surface area contributed by atoms with E-state index in [-0.39, 0.29) is 24.5 Å². The zero-order chi connectivity index (χ0) is 24.9. The van der Waals surface area contributed by atoms with Gasteiger partial charge in [0.15, 0.2) is 15.0 Å². The average Bonchev–Trinajstić information content (AvgIpc) is 3.24. The van der Waals surface area contributed by atoms with Crippen molar-refractivity contribution in [3.05, 3.63) is 53.1 Å². The quantitative estimate of drug-likeness (QED) is 0.363. The summed E-state index contributed by atoms with van der Waals surface area (Å²) in [6.07, 6.45) is 0.442. The molecule has 1 heterocycles. The van der Waals surface area contributed by atoms with Crippen molar-refractivity contribution in [1.29, 1.82) is 0 Å². The first-order valence-corrected chi connectivity index (χ1v) is 14.3. The molecule has 8 heteroatoms. The summed E-state index contributed by atoms with van der Waals surface area (Å²) in [6, 6.07) is 11.0. The summed E-state index contributed by atoms with van der Waals surface area (Å²) in [7, 11) is -3.42. The maximum absolute atomic E-state index is 13.3. The summed E-state index contributed by atoms with van der Waals surface area (Å²) in [5.74, 6) is -0.135. The number of amides is 1. The minimum absolute atomic E-state index is 0.0518. The highest BCUT2D eigenvalue weighted by atomic mass is 32.2. The molecule has 0 aliphatic rings. The first-order chi connectivity index (χ1) is 16.2. The van der Waals surface area contributed by atoms with Crippen LogP contribution in [0.15, 0.2) is 41.3 Å². The van der Waals surface area contributed by atoms with E-state index in [9.17, 15) is 13.2 Å². The van der Waals surface area contributed by atoms with Crippen LogP contribution in [0.5, 0.6) is 0 Å². The molecule has 184 valence electrons. The molecule has 0 atom stereocenters. The lowest BCUT2D eigenvalue weighted by Crippen LogP contribution is -2.38. The lowest BCUT2D eigenvalue weighted by atomic mass is 10.1. The second-order valence-corrected chi connectivity index (χ2v) is 11.8. The molecule has 0 radical (unpaired) electrons. The van der Waals surface area contributed by atoms with Crippen LogP contribution in [0.4, 0.5) is 5.13 Å². The van der Waals surface area contributed by atoms with Crippen molar-refractivity contribution in [1.82, 2.24) is 9.88 Å². The topological polar surface area (TPSA) is 70.6 Å². The predicted molar refractivity (Wildman–Crippen MR) is 142 cm³/mol. The molecule has 0 bridgehead atoms. The van der Waals surface area contributed by atoms with Crippen LogP contribution in [0.25, 0.3) is 10.2 Å². The van der Waals surface area contributed by atoms with Gasteiger partial charge in [0, 0.05) is 19.5 Å². The number of fused-ring (bicyclic) bond motifs is 1. The van der Waals surface area contributed by atoms with E-state index in [2.05, 4.69) is 44.7 Å². The molecule has 3 rings (SSSR count). The fraction of sp³-hybridized carbons (Fsp3) is 0.462. The number of nitrogens with zero attached hydrogens (tertiary/aromatic N) is 3. The zero-order valence-corrected chi connectivity index (χ0v) is 22.4. The van der Waals surface area contributed by atoms with Crippen molar-refractivity contribution in [2.24, 2.45) is 0 Å². The van der Waals surface area contributed by atoms with E-state index in [1.165, 1.54) is 16.9 Å². The fourth-order valence-corrected chi connectivity index (χ4v) is 6.23. The Kier molecular flexibility index (Phi) is 8.84. The first-order valence-electron chi connectivity index (χ1n) is 11.8. The highest BCUT2D eigenvalue weighted by Gasteiger charge is 2.22. The van der Waals surface area contributed by atoms with Crippen molar-refractivity contribution in [3.63, 3.8) is 0 Å². The molecule has 2 aromatic carbocycles. The molecule has 34 heavy (non-hydrogen) atoms. The number of anilines is 1. The van der Waals surface area contributed by atoms with E-state index in [0.29, 0.717) is 16.6 Å². The number of hydrogen-bond acceptors (Lipinski definition) is 6. The van der Waals surface area contributed by atoms with Gasteiger partial charge in [-0.2, -0.15) is 0 Å². The third-order valence-electron chi connectivity index (χ3n) is 6.32. The summed E-state index contributed by atoms with van der Waals surface area (Å²) >= 11 is 1.52. The maximum atomic E-state index is 13.3. The molecular formula is C26H35N3O3S2. The third kappa shape index (κ3) is 6.23. The molecule has 0 saturated heterocycles. The van der Waals surface area contributed by atoms with Gasteiger partial charge >= 0.3 is 0 Å². The van der Waals surface area contributed by atoms with Crippen molar-refractivity contribution in [3.8, 4) is 0 Å². The van der Waals surface area contributed by atoms with Gasteiger partial charge in [-0.3, -0.25) is 9.69 Å². The van der Waals surface area contributed by atoms with Gasteiger partial charge in [0.25, 0.3) is 0 Å². The Morgan fingerprint density at radius 3 is 2.29 bits per heavy atom. The maximum Gasteiger partial charge on any atom is 0.228 e. The molecule has 1 aromatic heterocycles. The lowest BCUT2D eigenvalue weighted by molar-refractivity contribution is -0.118. The van der Waals surface area contributed by atoms with Crippen molar-refractivity contribution >= 4 is 42.4 Å². The lowest BCUT2D eigenvalue weighted by Gasteiger charge is -2.24. The van der Waals surface area contributed by atoms with Crippen LogP contribution in [0, 0.1) is 20.8 Å². The highest BCUT2D eigenvalue weighted by Crippen LogP contribution is 2.32. The summed E-state index contributed by atoms with van der Waals surface area (Å²) in [6.45, 7) is 13.3. The normalized spacial score (nSPS) is 11.9. The number of likely N-dealkylation sites (N-methyl/N-ethyl adjacent to an activating group) is 1. The highest BCUT2D eigenvalue weighted by molar-refractivity contribution is 7.91. The molecule has 0 aliphatic carbocycles. The third-order valence-corrected chi connectivity index (χ3v) is 9.18. The van der Waals surface area contributed by atoms with E-state index in [1.54, 1.807) is 29.2 Å². The van der Waals surface area contributed by atoms with Crippen LogP contribution in [0.1, 0.15) is 43.4 Å². The SMILES string of the molecule is CCN(CC)CCN(C(=O)CCCS(=O)(=O)c1ccc(C)cc1)c1nc2c(C)c(C)ccc2s1. The largest absolute Gasteiger partial charge is 0.302 e. The van der Waals surface area contributed by atoms with Crippen molar-refractivity contribution in [2.45, 2.75) is 52.4 Å². The van der Waals surface area contributed by atoms with Crippen LogP contribution in [0.3, 0.4) is 0 Å². The predicted octanol–water partition coefficient (Wildman–Crippen LogP) is 5.15. The number of thiazole rings is 1. The number of aryl methyl sites for hydroxylation is 3. The van der Waals surface area contributed by atoms with Gasteiger partial charge < -0.3 is 4.90 Å². The van der Waals surface area contributed by atoms with Crippen LogP contribution < -0.4 is 4.90 Å². The minimum atomic E-state index is -3.42. The number of carbonyl (C=O) groups excluding carboxylic acids is 1.